The van der Waals surface area contributed by atoms with E-state index in [2.05, 4.69) is 34.5 Å². The lowest BCUT2D eigenvalue weighted by molar-refractivity contribution is 0.0925. The highest BCUT2D eigenvalue weighted by atomic mass is 16.5. The van der Waals surface area contributed by atoms with Gasteiger partial charge in [0.05, 0.1) is 7.11 Å². The summed E-state index contributed by atoms with van der Waals surface area (Å²) in [5, 5.41) is 3.78. The standard InChI is InChI=1S/C23H26N2O3/c1-27-20-7-5-6-19-14-21(28-22(19)20)23(26)24-15-17-8-10-18(11-9-17)16-25-12-3-2-4-13-25/h5-11,14H,2-4,12-13,15-16H2,1H3,(H,24,26). The highest BCUT2D eigenvalue weighted by Crippen LogP contribution is 2.28. The summed E-state index contributed by atoms with van der Waals surface area (Å²) in [6.45, 7) is 3.87. The third kappa shape index (κ3) is 4.20. The molecule has 0 aliphatic carbocycles. The van der Waals surface area contributed by atoms with Crippen molar-refractivity contribution in [1.29, 1.82) is 0 Å². The zero-order chi connectivity index (χ0) is 19.3. The van der Waals surface area contributed by atoms with Crippen LogP contribution in [0.2, 0.25) is 0 Å². The second kappa shape index (κ2) is 8.48. The van der Waals surface area contributed by atoms with Gasteiger partial charge in [0.2, 0.25) is 0 Å². The Kier molecular flexibility index (Phi) is 5.63. The maximum atomic E-state index is 12.5. The van der Waals surface area contributed by atoms with Crippen molar-refractivity contribution in [2.75, 3.05) is 20.2 Å². The van der Waals surface area contributed by atoms with Gasteiger partial charge in [-0.05, 0) is 49.2 Å². The number of ether oxygens (including phenoxy) is 1. The first kappa shape index (κ1) is 18.6. The number of carbonyl (C=O) groups excluding carboxylic acids is 1. The maximum Gasteiger partial charge on any atom is 0.287 e. The summed E-state index contributed by atoms with van der Waals surface area (Å²) >= 11 is 0. The highest BCUT2D eigenvalue weighted by Gasteiger charge is 2.15. The minimum atomic E-state index is -0.226. The first-order chi connectivity index (χ1) is 13.7. The molecule has 1 amide bonds. The molecular weight excluding hydrogens is 352 g/mol. The molecule has 146 valence electrons. The number of amides is 1. The van der Waals surface area contributed by atoms with Crippen molar-refractivity contribution in [1.82, 2.24) is 10.2 Å². The van der Waals surface area contributed by atoms with E-state index in [0.29, 0.717) is 23.6 Å². The van der Waals surface area contributed by atoms with E-state index in [0.717, 1.165) is 17.5 Å². The Morgan fingerprint density at radius 3 is 2.57 bits per heavy atom. The molecule has 0 bridgehead atoms. The van der Waals surface area contributed by atoms with Gasteiger partial charge in [-0.1, -0.05) is 42.8 Å². The molecule has 0 spiro atoms. The van der Waals surface area contributed by atoms with Gasteiger partial charge >= 0.3 is 0 Å². The number of methoxy groups -OCH3 is 1. The number of hydrogen-bond acceptors (Lipinski definition) is 4. The van der Waals surface area contributed by atoms with Crippen LogP contribution < -0.4 is 10.1 Å². The fourth-order valence-corrected chi connectivity index (χ4v) is 3.72. The molecule has 0 unspecified atom stereocenters. The van der Waals surface area contributed by atoms with Crippen LogP contribution in [0.15, 0.2) is 52.9 Å². The summed E-state index contributed by atoms with van der Waals surface area (Å²) in [5.41, 5.74) is 2.99. The SMILES string of the molecule is COc1cccc2cc(C(=O)NCc3ccc(CN4CCCCC4)cc3)oc12. The molecule has 0 radical (unpaired) electrons. The van der Waals surface area contributed by atoms with Crippen LogP contribution in [-0.2, 0) is 13.1 Å². The number of nitrogens with one attached hydrogen (secondary N) is 1. The van der Waals surface area contributed by atoms with Gasteiger partial charge in [-0.25, -0.2) is 0 Å². The second-order valence-corrected chi connectivity index (χ2v) is 7.33. The lowest BCUT2D eigenvalue weighted by Crippen LogP contribution is -2.29. The van der Waals surface area contributed by atoms with Crippen LogP contribution in [0.1, 0.15) is 40.9 Å². The molecule has 4 rings (SSSR count). The van der Waals surface area contributed by atoms with Crippen molar-refractivity contribution in [3.63, 3.8) is 0 Å². The summed E-state index contributed by atoms with van der Waals surface area (Å²) in [6.07, 6.45) is 3.96. The van der Waals surface area contributed by atoms with E-state index in [9.17, 15) is 4.79 Å². The van der Waals surface area contributed by atoms with Crippen LogP contribution in [0, 0.1) is 0 Å². The van der Waals surface area contributed by atoms with Gasteiger partial charge in [-0.15, -0.1) is 0 Å². The Balaban J connectivity index is 1.35. The Morgan fingerprint density at radius 1 is 1.07 bits per heavy atom. The molecule has 2 heterocycles. The summed E-state index contributed by atoms with van der Waals surface area (Å²) in [4.78, 5) is 15.0. The van der Waals surface area contributed by atoms with E-state index in [1.807, 2.05) is 18.2 Å². The average molecular weight is 378 g/mol. The van der Waals surface area contributed by atoms with E-state index < -0.39 is 0 Å². The molecule has 2 aromatic carbocycles. The fraction of sp³-hybridized carbons (Fsp3) is 0.348. The van der Waals surface area contributed by atoms with Gasteiger partial charge in [-0.2, -0.15) is 0 Å². The number of likely N-dealkylation sites (tertiary alicyclic amines) is 1. The van der Waals surface area contributed by atoms with Crippen LogP contribution >= 0.6 is 0 Å². The number of rotatable bonds is 6. The molecule has 1 N–H and O–H groups in total. The van der Waals surface area contributed by atoms with Gasteiger partial charge in [-0.3, -0.25) is 9.69 Å². The molecule has 1 aliphatic rings. The van der Waals surface area contributed by atoms with E-state index in [4.69, 9.17) is 9.15 Å². The third-order valence-electron chi connectivity index (χ3n) is 5.28. The summed E-state index contributed by atoms with van der Waals surface area (Å²) < 4.78 is 11.0. The van der Waals surface area contributed by atoms with Gasteiger partial charge in [0.15, 0.2) is 17.1 Å². The van der Waals surface area contributed by atoms with Crippen molar-refractivity contribution in [3.8, 4) is 5.75 Å². The van der Waals surface area contributed by atoms with E-state index in [1.165, 1.54) is 37.9 Å². The lowest BCUT2D eigenvalue weighted by Gasteiger charge is -2.26. The zero-order valence-electron chi connectivity index (χ0n) is 16.2. The minimum absolute atomic E-state index is 0.226. The Morgan fingerprint density at radius 2 is 1.82 bits per heavy atom. The van der Waals surface area contributed by atoms with Crippen LogP contribution in [0.5, 0.6) is 5.75 Å². The maximum absolute atomic E-state index is 12.5. The smallest absolute Gasteiger partial charge is 0.287 e. The zero-order valence-corrected chi connectivity index (χ0v) is 16.2. The number of furan rings is 1. The number of nitrogens with zero attached hydrogens (tertiary/aromatic N) is 1. The van der Waals surface area contributed by atoms with Crippen LogP contribution in [0.3, 0.4) is 0 Å². The van der Waals surface area contributed by atoms with E-state index >= 15 is 0 Å². The Hall–Kier alpha value is -2.79. The molecule has 1 aliphatic heterocycles. The number of piperidine rings is 1. The molecule has 5 heteroatoms. The quantitative estimate of drug-likeness (QED) is 0.693. The predicted octanol–water partition coefficient (Wildman–Crippen LogP) is 4.36. The van der Waals surface area contributed by atoms with Gasteiger partial charge in [0.1, 0.15) is 0 Å². The van der Waals surface area contributed by atoms with Crippen molar-refractivity contribution >= 4 is 16.9 Å². The first-order valence-corrected chi connectivity index (χ1v) is 9.88. The Bertz CT molecular complexity index is 940. The van der Waals surface area contributed by atoms with Gasteiger partial charge in [0, 0.05) is 18.5 Å². The molecule has 3 aromatic rings. The Labute approximate surface area is 165 Å². The molecule has 5 nitrogen and oxygen atoms in total. The van der Waals surface area contributed by atoms with Gasteiger partial charge in [0.25, 0.3) is 5.91 Å². The number of fused-ring (bicyclic) bond motifs is 1. The van der Waals surface area contributed by atoms with Crippen LogP contribution in [0.25, 0.3) is 11.0 Å². The topological polar surface area (TPSA) is 54.7 Å². The fourth-order valence-electron chi connectivity index (χ4n) is 3.72. The normalized spacial score (nSPS) is 14.9. The molecular formula is C23H26N2O3. The number of hydrogen-bond donors (Lipinski definition) is 1. The highest BCUT2D eigenvalue weighted by molar-refractivity contribution is 5.97. The second-order valence-electron chi connectivity index (χ2n) is 7.33. The molecule has 0 saturated carbocycles. The molecule has 1 fully saturated rings. The third-order valence-corrected chi connectivity index (χ3v) is 5.28. The van der Waals surface area contributed by atoms with Crippen molar-refractivity contribution in [2.24, 2.45) is 0 Å². The summed E-state index contributed by atoms with van der Waals surface area (Å²) in [6, 6.07) is 15.8. The molecule has 1 saturated heterocycles. The van der Waals surface area contributed by atoms with E-state index in [-0.39, 0.29) is 5.91 Å². The summed E-state index contributed by atoms with van der Waals surface area (Å²) in [7, 11) is 1.59. The molecule has 1 aromatic heterocycles. The first-order valence-electron chi connectivity index (χ1n) is 9.88. The predicted molar refractivity (Wildman–Crippen MR) is 110 cm³/mol. The van der Waals surface area contributed by atoms with Crippen molar-refractivity contribution < 1.29 is 13.9 Å². The largest absolute Gasteiger partial charge is 0.493 e. The van der Waals surface area contributed by atoms with Gasteiger partial charge < -0.3 is 14.5 Å². The van der Waals surface area contributed by atoms with E-state index in [1.54, 1.807) is 13.2 Å². The number of para-hydroxylation sites is 1. The summed E-state index contributed by atoms with van der Waals surface area (Å²) in [5.74, 6) is 0.692. The monoisotopic (exact) mass is 378 g/mol. The number of benzene rings is 2. The average Bonchev–Trinajstić information content (AvgIpc) is 3.18. The molecule has 0 atom stereocenters. The lowest BCUT2D eigenvalue weighted by atomic mass is 10.1. The van der Waals surface area contributed by atoms with Crippen LogP contribution in [-0.4, -0.2) is 31.0 Å². The van der Waals surface area contributed by atoms with Crippen LogP contribution in [0.4, 0.5) is 0 Å². The van der Waals surface area contributed by atoms with Crippen molar-refractivity contribution in [3.05, 3.63) is 65.4 Å². The minimum Gasteiger partial charge on any atom is -0.493 e. The van der Waals surface area contributed by atoms with Crippen molar-refractivity contribution in [2.45, 2.75) is 32.4 Å². The number of carbonyl (C=O) groups is 1. The molecule has 28 heavy (non-hydrogen) atoms.